The van der Waals surface area contributed by atoms with Gasteiger partial charge in [-0.2, -0.15) is 0 Å². The van der Waals surface area contributed by atoms with E-state index in [-0.39, 0.29) is 11.7 Å². The monoisotopic (exact) mass is 395 g/mol. The molecule has 130 valence electrons. The largest absolute Gasteiger partial charge is 0.459 e. The van der Waals surface area contributed by atoms with Gasteiger partial charge in [0.2, 0.25) is 5.91 Å². The Labute approximate surface area is 157 Å². The molecule has 3 aromatic rings. The van der Waals surface area contributed by atoms with Crippen LogP contribution in [0.15, 0.2) is 61.6 Å². The third-order valence-corrected chi connectivity index (χ3v) is 5.06. The van der Waals surface area contributed by atoms with Crippen LogP contribution in [-0.2, 0) is 4.79 Å². The highest BCUT2D eigenvalue weighted by atomic mass is 35.5. The second-order valence-electron chi connectivity index (χ2n) is 4.79. The first-order valence-corrected chi connectivity index (χ1v) is 9.71. The lowest BCUT2D eigenvalue weighted by molar-refractivity contribution is -0.118. The summed E-state index contributed by atoms with van der Waals surface area (Å²) >= 11 is 8.68. The number of rotatable bonds is 8. The number of carbonyl (C=O) groups is 1. The lowest BCUT2D eigenvalue weighted by Crippen LogP contribution is -2.27. The van der Waals surface area contributed by atoms with E-state index in [2.05, 4.69) is 15.5 Å². The van der Waals surface area contributed by atoms with Crippen molar-refractivity contribution in [1.29, 1.82) is 0 Å². The zero-order chi connectivity index (χ0) is 17.5. The van der Waals surface area contributed by atoms with E-state index in [1.165, 1.54) is 18.0 Å². The second-order valence-corrected chi connectivity index (χ2v) is 7.32. The number of aromatic nitrogens is 2. The van der Waals surface area contributed by atoms with Gasteiger partial charge in [-0.1, -0.05) is 23.4 Å². The Morgan fingerprint density at radius 3 is 2.76 bits per heavy atom. The van der Waals surface area contributed by atoms with Crippen molar-refractivity contribution in [3.63, 3.8) is 0 Å². The minimum absolute atomic E-state index is 0.0838. The number of carbonyl (C=O) groups excluding carboxylic acids is 1. The van der Waals surface area contributed by atoms with Crippen molar-refractivity contribution in [2.75, 3.05) is 18.1 Å². The summed E-state index contributed by atoms with van der Waals surface area (Å²) in [4.78, 5) is 13.0. The van der Waals surface area contributed by atoms with Crippen molar-refractivity contribution < 1.29 is 13.6 Å². The van der Waals surface area contributed by atoms with Crippen molar-refractivity contribution in [3.05, 3.63) is 47.7 Å². The number of nitrogens with zero attached hydrogens (tertiary/aromatic N) is 2. The van der Waals surface area contributed by atoms with E-state index >= 15 is 0 Å². The molecular weight excluding hydrogens is 382 g/mol. The average molecular weight is 396 g/mol. The Kier molecular flexibility index (Phi) is 6.43. The molecule has 0 aliphatic rings. The molecule has 0 saturated heterocycles. The zero-order valence-corrected chi connectivity index (χ0v) is 15.4. The maximum Gasteiger partial charge on any atom is 0.284 e. The van der Waals surface area contributed by atoms with Gasteiger partial charge in [-0.15, -0.1) is 22.0 Å². The van der Waals surface area contributed by atoms with Gasteiger partial charge in [-0.3, -0.25) is 4.79 Å². The summed E-state index contributed by atoms with van der Waals surface area (Å²) in [5.74, 6) is 1.71. The van der Waals surface area contributed by atoms with Crippen LogP contribution in [0.25, 0.3) is 11.7 Å². The van der Waals surface area contributed by atoms with E-state index in [1.54, 1.807) is 23.9 Å². The average Bonchev–Trinajstić information content (AvgIpc) is 3.29. The molecule has 1 aromatic carbocycles. The van der Waals surface area contributed by atoms with Crippen LogP contribution in [0.1, 0.15) is 0 Å². The third-order valence-electron chi connectivity index (χ3n) is 2.97. The van der Waals surface area contributed by atoms with Crippen LogP contribution in [0, 0.1) is 0 Å². The smallest absolute Gasteiger partial charge is 0.284 e. The third kappa shape index (κ3) is 5.55. The maximum absolute atomic E-state index is 11.8. The van der Waals surface area contributed by atoms with E-state index in [9.17, 15) is 4.79 Å². The van der Waals surface area contributed by atoms with E-state index in [0.717, 1.165) is 10.6 Å². The first kappa shape index (κ1) is 17.9. The second kappa shape index (κ2) is 8.98. The van der Waals surface area contributed by atoms with Crippen molar-refractivity contribution in [2.45, 2.75) is 10.1 Å². The molecule has 2 heterocycles. The zero-order valence-electron chi connectivity index (χ0n) is 13.0. The summed E-state index contributed by atoms with van der Waals surface area (Å²) in [6, 6.07) is 11.1. The SMILES string of the molecule is O=C(CSc1nnc(-c2ccco2)o1)NCCSc1ccc(Cl)cc1. The van der Waals surface area contributed by atoms with E-state index < -0.39 is 0 Å². The van der Waals surface area contributed by atoms with Crippen LogP contribution in [-0.4, -0.2) is 34.2 Å². The van der Waals surface area contributed by atoms with Gasteiger partial charge in [0.1, 0.15) is 0 Å². The molecule has 0 fully saturated rings. The van der Waals surface area contributed by atoms with Gasteiger partial charge in [0.15, 0.2) is 5.76 Å². The Morgan fingerprint density at radius 1 is 1.16 bits per heavy atom. The molecule has 25 heavy (non-hydrogen) atoms. The molecule has 1 amide bonds. The van der Waals surface area contributed by atoms with Gasteiger partial charge >= 0.3 is 0 Å². The van der Waals surface area contributed by atoms with Crippen LogP contribution in [0.3, 0.4) is 0 Å². The van der Waals surface area contributed by atoms with E-state index in [1.807, 2.05) is 24.3 Å². The molecule has 0 bridgehead atoms. The number of benzene rings is 1. The van der Waals surface area contributed by atoms with E-state index in [0.29, 0.717) is 28.4 Å². The van der Waals surface area contributed by atoms with Crippen LogP contribution in [0.4, 0.5) is 0 Å². The van der Waals surface area contributed by atoms with Crippen molar-refractivity contribution >= 4 is 41.0 Å². The summed E-state index contributed by atoms with van der Waals surface area (Å²) < 4.78 is 10.6. The van der Waals surface area contributed by atoms with Gasteiger partial charge in [0.05, 0.1) is 12.0 Å². The number of furan rings is 1. The molecule has 2 aromatic heterocycles. The molecule has 0 atom stereocenters. The van der Waals surface area contributed by atoms with Gasteiger partial charge in [-0.25, -0.2) is 0 Å². The first-order valence-electron chi connectivity index (χ1n) is 7.36. The van der Waals surface area contributed by atoms with Crippen molar-refractivity contribution in [1.82, 2.24) is 15.5 Å². The molecule has 0 aliphatic carbocycles. The number of hydrogen-bond donors (Lipinski definition) is 1. The molecule has 3 rings (SSSR count). The van der Waals surface area contributed by atoms with Crippen molar-refractivity contribution in [2.24, 2.45) is 0 Å². The maximum atomic E-state index is 11.8. The number of hydrogen-bond acceptors (Lipinski definition) is 7. The standard InChI is InChI=1S/C16H14ClN3O3S2/c17-11-3-5-12(6-4-11)24-9-7-18-14(21)10-25-16-20-19-15(23-16)13-2-1-8-22-13/h1-6,8H,7,9-10H2,(H,18,21). The normalized spacial score (nSPS) is 10.8. The minimum atomic E-state index is -0.0838. The molecular formula is C16H14ClN3O3S2. The van der Waals surface area contributed by atoms with Gasteiger partial charge in [0, 0.05) is 22.2 Å². The highest BCUT2D eigenvalue weighted by molar-refractivity contribution is 7.99. The molecule has 6 nitrogen and oxygen atoms in total. The predicted octanol–water partition coefficient (Wildman–Crippen LogP) is 3.98. The van der Waals surface area contributed by atoms with Crippen LogP contribution < -0.4 is 5.32 Å². The van der Waals surface area contributed by atoms with Gasteiger partial charge < -0.3 is 14.2 Å². The summed E-state index contributed by atoms with van der Waals surface area (Å²) in [6.07, 6.45) is 1.53. The summed E-state index contributed by atoms with van der Waals surface area (Å²) in [5.41, 5.74) is 0. The molecule has 0 saturated carbocycles. The summed E-state index contributed by atoms with van der Waals surface area (Å²) in [7, 11) is 0. The number of amides is 1. The highest BCUT2D eigenvalue weighted by Crippen LogP contribution is 2.23. The molecule has 9 heteroatoms. The first-order chi connectivity index (χ1) is 12.2. The lowest BCUT2D eigenvalue weighted by Gasteiger charge is -2.04. The quantitative estimate of drug-likeness (QED) is 0.456. The Bertz CT molecular complexity index is 806. The summed E-state index contributed by atoms with van der Waals surface area (Å²) in [5, 5.41) is 11.7. The Balaban J connectivity index is 1.35. The van der Waals surface area contributed by atoms with Crippen LogP contribution in [0.2, 0.25) is 5.02 Å². The number of nitrogens with one attached hydrogen (secondary N) is 1. The summed E-state index contributed by atoms with van der Waals surface area (Å²) in [6.45, 7) is 0.578. The fourth-order valence-corrected chi connectivity index (χ4v) is 3.32. The highest BCUT2D eigenvalue weighted by Gasteiger charge is 2.12. The Hall–Kier alpha value is -1.90. The topological polar surface area (TPSA) is 81.2 Å². The number of halogens is 1. The molecule has 0 aliphatic heterocycles. The fourth-order valence-electron chi connectivity index (χ4n) is 1.84. The lowest BCUT2D eigenvalue weighted by atomic mass is 10.4. The predicted molar refractivity (Wildman–Crippen MR) is 97.9 cm³/mol. The Morgan fingerprint density at radius 2 is 2.00 bits per heavy atom. The molecule has 0 radical (unpaired) electrons. The minimum Gasteiger partial charge on any atom is -0.459 e. The molecule has 1 N–H and O–H groups in total. The molecule has 0 spiro atoms. The van der Waals surface area contributed by atoms with Crippen LogP contribution in [0.5, 0.6) is 0 Å². The van der Waals surface area contributed by atoms with Crippen LogP contribution >= 0.6 is 35.1 Å². The fraction of sp³-hybridized carbons (Fsp3) is 0.188. The van der Waals surface area contributed by atoms with Gasteiger partial charge in [0.25, 0.3) is 11.1 Å². The van der Waals surface area contributed by atoms with E-state index in [4.69, 9.17) is 20.4 Å². The van der Waals surface area contributed by atoms with Gasteiger partial charge in [-0.05, 0) is 36.4 Å². The molecule has 0 unspecified atom stereocenters. The van der Waals surface area contributed by atoms with Crippen molar-refractivity contribution in [3.8, 4) is 11.7 Å². The number of thioether (sulfide) groups is 2.